The van der Waals surface area contributed by atoms with Crippen molar-refractivity contribution in [2.75, 3.05) is 26.2 Å². The Bertz CT molecular complexity index is 414. The summed E-state index contributed by atoms with van der Waals surface area (Å²) in [5.74, 6) is 0.770. The van der Waals surface area contributed by atoms with Crippen molar-refractivity contribution in [3.05, 3.63) is 34.9 Å². The standard InChI is InChI=1S/C19H34N2/c1-7-15(4)13-21(9-3)14-19(20-8-2)18-11-10-16(5)12-17(18)6/h10-12,15,19-20H,7-9,13-14H2,1-6H3. The molecule has 1 N–H and O–H groups in total. The van der Waals surface area contributed by atoms with Gasteiger partial charge < -0.3 is 10.2 Å². The van der Waals surface area contributed by atoms with Gasteiger partial charge in [-0.25, -0.2) is 0 Å². The Kier molecular flexibility index (Phi) is 7.98. The number of nitrogens with one attached hydrogen (secondary N) is 1. The van der Waals surface area contributed by atoms with Gasteiger partial charge in [0.25, 0.3) is 0 Å². The first-order valence-corrected chi connectivity index (χ1v) is 8.54. The zero-order valence-corrected chi connectivity index (χ0v) is 14.9. The van der Waals surface area contributed by atoms with Crippen molar-refractivity contribution in [3.63, 3.8) is 0 Å². The first-order valence-electron chi connectivity index (χ1n) is 8.54. The molecule has 2 heteroatoms. The molecule has 0 fully saturated rings. The summed E-state index contributed by atoms with van der Waals surface area (Å²) < 4.78 is 0. The molecule has 0 spiro atoms. The van der Waals surface area contributed by atoms with Gasteiger partial charge in [0.2, 0.25) is 0 Å². The first kappa shape index (κ1) is 18.2. The molecule has 0 aliphatic rings. The molecule has 1 aromatic rings. The van der Waals surface area contributed by atoms with Crippen molar-refractivity contribution in [3.8, 4) is 0 Å². The monoisotopic (exact) mass is 290 g/mol. The molecule has 0 aliphatic heterocycles. The molecule has 0 aromatic heterocycles. The van der Waals surface area contributed by atoms with Crippen LogP contribution in [-0.2, 0) is 0 Å². The predicted molar refractivity (Wildman–Crippen MR) is 93.9 cm³/mol. The van der Waals surface area contributed by atoms with Crippen LogP contribution in [0.25, 0.3) is 0 Å². The molecule has 0 aliphatic carbocycles. The third-order valence-corrected chi connectivity index (χ3v) is 4.41. The summed E-state index contributed by atoms with van der Waals surface area (Å²) in [6, 6.07) is 7.26. The first-order chi connectivity index (χ1) is 10.0. The molecule has 1 rings (SSSR count). The topological polar surface area (TPSA) is 15.3 Å². The Morgan fingerprint density at radius 3 is 2.33 bits per heavy atom. The molecule has 0 heterocycles. The summed E-state index contributed by atoms with van der Waals surface area (Å²) in [5.41, 5.74) is 4.20. The minimum atomic E-state index is 0.430. The van der Waals surface area contributed by atoms with E-state index in [4.69, 9.17) is 0 Å². The highest BCUT2D eigenvalue weighted by Gasteiger charge is 2.17. The summed E-state index contributed by atoms with van der Waals surface area (Å²) in [7, 11) is 0. The van der Waals surface area contributed by atoms with E-state index in [1.54, 1.807) is 0 Å². The van der Waals surface area contributed by atoms with E-state index in [0.29, 0.717) is 6.04 Å². The maximum Gasteiger partial charge on any atom is 0.0451 e. The highest BCUT2D eigenvalue weighted by atomic mass is 15.1. The van der Waals surface area contributed by atoms with Crippen LogP contribution in [0.5, 0.6) is 0 Å². The van der Waals surface area contributed by atoms with Gasteiger partial charge in [-0.1, -0.05) is 57.9 Å². The molecule has 0 bridgehead atoms. The zero-order chi connectivity index (χ0) is 15.8. The normalized spacial score (nSPS) is 14.4. The van der Waals surface area contributed by atoms with Crippen LogP contribution in [-0.4, -0.2) is 31.1 Å². The molecule has 21 heavy (non-hydrogen) atoms. The van der Waals surface area contributed by atoms with Crippen LogP contribution in [0.15, 0.2) is 18.2 Å². The molecule has 2 atom stereocenters. The molecular weight excluding hydrogens is 256 g/mol. The molecule has 2 unspecified atom stereocenters. The lowest BCUT2D eigenvalue weighted by Gasteiger charge is -2.30. The van der Waals surface area contributed by atoms with E-state index in [1.165, 1.54) is 29.7 Å². The average molecular weight is 290 g/mol. The van der Waals surface area contributed by atoms with Crippen molar-refractivity contribution in [1.82, 2.24) is 10.2 Å². The number of rotatable bonds is 9. The van der Waals surface area contributed by atoms with E-state index in [9.17, 15) is 0 Å². The maximum absolute atomic E-state index is 3.67. The molecule has 0 saturated heterocycles. The Labute approximate surface area is 131 Å². The van der Waals surface area contributed by atoms with Gasteiger partial charge in [-0.3, -0.25) is 0 Å². The maximum atomic E-state index is 3.67. The van der Waals surface area contributed by atoms with Crippen LogP contribution in [0.3, 0.4) is 0 Å². The lowest BCUT2D eigenvalue weighted by Crippen LogP contribution is -2.37. The minimum Gasteiger partial charge on any atom is -0.309 e. The predicted octanol–water partition coefficient (Wildman–Crippen LogP) is 4.32. The third-order valence-electron chi connectivity index (χ3n) is 4.41. The molecule has 2 nitrogen and oxygen atoms in total. The van der Waals surface area contributed by atoms with Crippen LogP contribution >= 0.6 is 0 Å². The Balaban J connectivity index is 2.84. The van der Waals surface area contributed by atoms with Gasteiger partial charge in [0.1, 0.15) is 0 Å². The summed E-state index contributed by atoms with van der Waals surface area (Å²) in [4.78, 5) is 2.58. The Morgan fingerprint density at radius 1 is 1.10 bits per heavy atom. The van der Waals surface area contributed by atoms with Crippen molar-refractivity contribution in [2.24, 2.45) is 5.92 Å². The van der Waals surface area contributed by atoms with Crippen LogP contribution in [0.2, 0.25) is 0 Å². The van der Waals surface area contributed by atoms with Crippen LogP contribution < -0.4 is 5.32 Å². The van der Waals surface area contributed by atoms with Crippen molar-refractivity contribution in [2.45, 2.75) is 54.0 Å². The number of benzene rings is 1. The van der Waals surface area contributed by atoms with Gasteiger partial charge >= 0.3 is 0 Å². The number of aryl methyl sites for hydroxylation is 2. The van der Waals surface area contributed by atoms with Gasteiger partial charge in [-0.2, -0.15) is 0 Å². The summed E-state index contributed by atoms with van der Waals surface area (Å²) in [6.45, 7) is 17.9. The zero-order valence-electron chi connectivity index (χ0n) is 14.9. The second kappa shape index (κ2) is 9.22. The van der Waals surface area contributed by atoms with Crippen LogP contribution in [0.4, 0.5) is 0 Å². The fourth-order valence-corrected chi connectivity index (χ4v) is 2.90. The molecule has 0 amide bonds. The summed E-state index contributed by atoms with van der Waals surface area (Å²) in [6.07, 6.45) is 1.26. The number of likely N-dealkylation sites (N-methyl/N-ethyl adjacent to an activating group) is 2. The number of hydrogen-bond donors (Lipinski definition) is 1. The number of hydrogen-bond acceptors (Lipinski definition) is 2. The van der Waals surface area contributed by atoms with E-state index in [1.807, 2.05) is 0 Å². The second-order valence-electron chi connectivity index (χ2n) is 6.34. The van der Waals surface area contributed by atoms with Crippen LogP contribution in [0, 0.1) is 19.8 Å². The Morgan fingerprint density at radius 2 is 1.81 bits per heavy atom. The van der Waals surface area contributed by atoms with Crippen molar-refractivity contribution >= 4 is 0 Å². The lowest BCUT2D eigenvalue weighted by atomic mass is 9.98. The average Bonchev–Trinajstić information content (AvgIpc) is 2.45. The van der Waals surface area contributed by atoms with Gasteiger partial charge in [0.05, 0.1) is 0 Å². The number of nitrogens with zero attached hydrogens (tertiary/aromatic N) is 1. The van der Waals surface area contributed by atoms with E-state index in [-0.39, 0.29) is 0 Å². The summed E-state index contributed by atoms with van der Waals surface area (Å²) in [5, 5.41) is 3.67. The smallest absolute Gasteiger partial charge is 0.0451 e. The highest BCUT2D eigenvalue weighted by molar-refractivity contribution is 5.33. The summed E-state index contributed by atoms with van der Waals surface area (Å²) >= 11 is 0. The van der Waals surface area contributed by atoms with Crippen LogP contribution in [0.1, 0.15) is 56.8 Å². The fourth-order valence-electron chi connectivity index (χ4n) is 2.90. The van der Waals surface area contributed by atoms with Crippen molar-refractivity contribution in [1.29, 1.82) is 0 Å². The van der Waals surface area contributed by atoms with Gasteiger partial charge in [-0.15, -0.1) is 0 Å². The second-order valence-corrected chi connectivity index (χ2v) is 6.34. The third kappa shape index (κ3) is 5.80. The SMILES string of the molecule is CCNC(CN(CC)CC(C)CC)c1ccc(C)cc1C. The van der Waals surface area contributed by atoms with E-state index in [0.717, 1.165) is 25.6 Å². The fraction of sp³-hybridized carbons (Fsp3) is 0.684. The van der Waals surface area contributed by atoms with E-state index >= 15 is 0 Å². The molecule has 0 radical (unpaired) electrons. The molecule has 1 aromatic carbocycles. The van der Waals surface area contributed by atoms with Gasteiger partial charge in [0.15, 0.2) is 0 Å². The highest BCUT2D eigenvalue weighted by Crippen LogP contribution is 2.21. The van der Waals surface area contributed by atoms with E-state index < -0.39 is 0 Å². The van der Waals surface area contributed by atoms with Gasteiger partial charge in [-0.05, 0) is 44.0 Å². The lowest BCUT2D eigenvalue weighted by molar-refractivity contribution is 0.221. The van der Waals surface area contributed by atoms with Crippen molar-refractivity contribution < 1.29 is 0 Å². The molecule has 0 saturated carbocycles. The molecule has 120 valence electrons. The Hall–Kier alpha value is -0.860. The van der Waals surface area contributed by atoms with Gasteiger partial charge in [0, 0.05) is 19.1 Å². The quantitative estimate of drug-likeness (QED) is 0.728. The van der Waals surface area contributed by atoms with E-state index in [2.05, 4.69) is 70.0 Å². The molecular formula is C19H34N2. The largest absolute Gasteiger partial charge is 0.309 e. The minimum absolute atomic E-state index is 0.430.